The molecule has 0 amide bonds. The first-order valence-corrected chi connectivity index (χ1v) is 3.88. The molecule has 1 nitrogen and oxygen atoms in total. The number of nitrogens with two attached hydrogens (primary N) is 1. The highest BCUT2D eigenvalue weighted by atomic mass is 14.6. The molecule has 1 unspecified atom stereocenters. The highest BCUT2D eigenvalue weighted by Gasteiger charge is 2.46. The third-order valence-electron chi connectivity index (χ3n) is 2.68. The summed E-state index contributed by atoms with van der Waals surface area (Å²) in [6.07, 6.45) is 0. The molecule has 0 aromatic rings. The van der Waals surface area contributed by atoms with E-state index in [4.69, 9.17) is 5.73 Å². The Bertz CT molecular complexity index is 98.7. The zero-order valence-corrected chi connectivity index (χ0v) is 6.59. The first-order chi connectivity index (χ1) is 4.18. The Labute approximate surface area is 57.6 Å². The van der Waals surface area contributed by atoms with Gasteiger partial charge in [0.1, 0.15) is 0 Å². The molecular formula is C8H17N. The fourth-order valence-electron chi connectivity index (χ4n) is 2.05. The third-order valence-corrected chi connectivity index (χ3v) is 2.68. The first-order valence-electron chi connectivity index (χ1n) is 3.88. The largest absolute Gasteiger partial charge is 0.330 e. The van der Waals surface area contributed by atoms with E-state index in [1.807, 2.05) is 0 Å². The lowest BCUT2D eigenvalue weighted by Gasteiger charge is -1.99. The van der Waals surface area contributed by atoms with E-state index in [9.17, 15) is 0 Å². The SMILES string of the molecule is CC(C)[C@@H]1C(CN)[C@@H]1C. The lowest BCUT2D eigenvalue weighted by molar-refractivity contribution is 0.508. The summed E-state index contributed by atoms with van der Waals surface area (Å²) in [6, 6.07) is 0. The Morgan fingerprint density at radius 1 is 1.44 bits per heavy atom. The second-order valence-electron chi connectivity index (χ2n) is 3.58. The van der Waals surface area contributed by atoms with Gasteiger partial charge in [0.2, 0.25) is 0 Å². The minimum atomic E-state index is 0.838. The van der Waals surface area contributed by atoms with Gasteiger partial charge in [0.05, 0.1) is 0 Å². The Hall–Kier alpha value is -0.0400. The highest BCUT2D eigenvalue weighted by molar-refractivity contribution is 4.95. The van der Waals surface area contributed by atoms with Crippen molar-refractivity contribution in [3.8, 4) is 0 Å². The first kappa shape index (κ1) is 7.07. The van der Waals surface area contributed by atoms with Crippen LogP contribution in [-0.4, -0.2) is 6.54 Å². The molecule has 0 aliphatic heterocycles. The van der Waals surface area contributed by atoms with Crippen LogP contribution in [0.15, 0.2) is 0 Å². The Morgan fingerprint density at radius 2 is 2.00 bits per heavy atom. The summed E-state index contributed by atoms with van der Waals surface area (Å²) in [7, 11) is 0. The molecule has 1 aliphatic rings. The van der Waals surface area contributed by atoms with E-state index >= 15 is 0 Å². The average molecular weight is 127 g/mol. The third kappa shape index (κ3) is 1.11. The van der Waals surface area contributed by atoms with Crippen LogP contribution < -0.4 is 5.73 Å². The molecule has 3 atom stereocenters. The molecule has 1 rings (SSSR count). The molecule has 1 fully saturated rings. The van der Waals surface area contributed by atoms with Crippen LogP contribution in [0.4, 0.5) is 0 Å². The normalized spacial score (nSPS) is 41.7. The highest BCUT2D eigenvalue weighted by Crippen LogP contribution is 2.49. The van der Waals surface area contributed by atoms with Gasteiger partial charge in [0.15, 0.2) is 0 Å². The fraction of sp³-hybridized carbons (Fsp3) is 1.00. The molecule has 0 aromatic carbocycles. The van der Waals surface area contributed by atoms with E-state index < -0.39 is 0 Å². The summed E-state index contributed by atoms with van der Waals surface area (Å²) in [5.74, 6) is 3.50. The van der Waals surface area contributed by atoms with Crippen molar-refractivity contribution in [2.24, 2.45) is 29.4 Å². The number of rotatable bonds is 2. The summed E-state index contributed by atoms with van der Waals surface area (Å²) in [5.41, 5.74) is 5.55. The van der Waals surface area contributed by atoms with Crippen molar-refractivity contribution in [2.45, 2.75) is 20.8 Å². The molecule has 1 heteroatoms. The maximum atomic E-state index is 5.55. The van der Waals surface area contributed by atoms with Crippen molar-refractivity contribution in [1.29, 1.82) is 0 Å². The minimum absolute atomic E-state index is 0.838. The maximum Gasteiger partial charge on any atom is -0.00434 e. The van der Waals surface area contributed by atoms with Crippen LogP contribution in [-0.2, 0) is 0 Å². The van der Waals surface area contributed by atoms with E-state index in [1.54, 1.807) is 0 Å². The van der Waals surface area contributed by atoms with Crippen LogP contribution in [0.3, 0.4) is 0 Å². The standard InChI is InChI=1S/C8H17N/c1-5(2)8-6(3)7(8)4-9/h5-8H,4,9H2,1-3H3/t6-,7?,8-/m0/s1. The topological polar surface area (TPSA) is 26.0 Å². The van der Waals surface area contributed by atoms with Crippen LogP contribution in [0.5, 0.6) is 0 Å². The predicted molar refractivity (Wildman–Crippen MR) is 40.0 cm³/mol. The van der Waals surface area contributed by atoms with Gasteiger partial charge >= 0.3 is 0 Å². The van der Waals surface area contributed by atoms with Gasteiger partial charge in [-0.25, -0.2) is 0 Å². The van der Waals surface area contributed by atoms with E-state index in [0.29, 0.717) is 0 Å². The molecule has 1 aliphatic carbocycles. The lowest BCUT2D eigenvalue weighted by atomic mass is 10.1. The number of hydrogen-bond donors (Lipinski definition) is 1. The molecule has 0 bridgehead atoms. The molecule has 54 valence electrons. The van der Waals surface area contributed by atoms with E-state index in [-0.39, 0.29) is 0 Å². The van der Waals surface area contributed by atoms with E-state index in [1.165, 1.54) is 0 Å². The zero-order chi connectivity index (χ0) is 7.02. The van der Waals surface area contributed by atoms with Crippen molar-refractivity contribution in [3.05, 3.63) is 0 Å². The Kier molecular flexibility index (Phi) is 1.80. The van der Waals surface area contributed by atoms with Crippen LogP contribution in [0.25, 0.3) is 0 Å². The Morgan fingerprint density at radius 3 is 2.11 bits per heavy atom. The summed E-state index contributed by atoms with van der Waals surface area (Å²) in [4.78, 5) is 0. The van der Waals surface area contributed by atoms with Crippen molar-refractivity contribution >= 4 is 0 Å². The molecule has 2 N–H and O–H groups in total. The molecule has 9 heavy (non-hydrogen) atoms. The minimum Gasteiger partial charge on any atom is -0.330 e. The van der Waals surface area contributed by atoms with Crippen LogP contribution in [0, 0.1) is 23.7 Å². The molecule has 0 spiro atoms. The molecule has 0 heterocycles. The van der Waals surface area contributed by atoms with Gasteiger partial charge in [0, 0.05) is 0 Å². The van der Waals surface area contributed by atoms with Crippen molar-refractivity contribution in [3.63, 3.8) is 0 Å². The van der Waals surface area contributed by atoms with Crippen LogP contribution in [0.2, 0.25) is 0 Å². The zero-order valence-electron chi connectivity index (χ0n) is 6.59. The summed E-state index contributed by atoms with van der Waals surface area (Å²) in [6.45, 7) is 7.78. The Balaban J connectivity index is 2.33. The molecule has 0 radical (unpaired) electrons. The van der Waals surface area contributed by atoms with Crippen molar-refractivity contribution in [1.82, 2.24) is 0 Å². The van der Waals surface area contributed by atoms with Gasteiger partial charge in [-0.1, -0.05) is 20.8 Å². The van der Waals surface area contributed by atoms with Crippen molar-refractivity contribution < 1.29 is 0 Å². The maximum absolute atomic E-state index is 5.55. The summed E-state index contributed by atoms with van der Waals surface area (Å²) >= 11 is 0. The fourth-order valence-corrected chi connectivity index (χ4v) is 2.05. The van der Waals surface area contributed by atoms with E-state index in [2.05, 4.69) is 20.8 Å². The summed E-state index contributed by atoms with van der Waals surface area (Å²) < 4.78 is 0. The smallest absolute Gasteiger partial charge is 0.00434 e. The number of hydrogen-bond acceptors (Lipinski definition) is 1. The second kappa shape index (κ2) is 2.30. The quantitative estimate of drug-likeness (QED) is 0.597. The summed E-state index contributed by atoms with van der Waals surface area (Å²) in [5, 5.41) is 0. The van der Waals surface area contributed by atoms with Gasteiger partial charge in [0.25, 0.3) is 0 Å². The predicted octanol–water partition coefficient (Wildman–Crippen LogP) is 1.48. The lowest BCUT2D eigenvalue weighted by Crippen LogP contribution is -2.04. The van der Waals surface area contributed by atoms with E-state index in [0.717, 1.165) is 30.2 Å². The average Bonchev–Trinajstić information content (AvgIpc) is 2.40. The molecule has 0 aromatic heterocycles. The van der Waals surface area contributed by atoms with Gasteiger partial charge < -0.3 is 5.73 Å². The second-order valence-corrected chi connectivity index (χ2v) is 3.58. The van der Waals surface area contributed by atoms with Gasteiger partial charge in [-0.2, -0.15) is 0 Å². The molecule has 1 saturated carbocycles. The van der Waals surface area contributed by atoms with Crippen LogP contribution in [0.1, 0.15) is 20.8 Å². The van der Waals surface area contributed by atoms with Gasteiger partial charge in [-0.15, -0.1) is 0 Å². The molecule has 0 saturated heterocycles. The molecular weight excluding hydrogens is 110 g/mol. The van der Waals surface area contributed by atoms with Gasteiger partial charge in [-0.3, -0.25) is 0 Å². The van der Waals surface area contributed by atoms with Crippen LogP contribution >= 0.6 is 0 Å². The van der Waals surface area contributed by atoms with Gasteiger partial charge in [-0.05, 0) is 30.2 Å². The monoisotopic (exact) mass is 127 g/mol. The van der Waals surface area contributed by atoms with Crippen molar-refractivity contribution in [2.75, 3.05) is 6.54 Å².